The van der Waals surface area contributed by atoms with E-state index in [1.807, 2.05) is 0 Å². The first-order valence-corrected chi connectivity index (χ1v) is 6.27. The predicted molar refractivity (Wildman–Crippen MR) is 56.1 cm³/mol. The Bertz CT molecular complexity index is 210. The van der Waals surface area contributed by atoms with Crippen LogP contribution in [0.3, 0.4) is 0 Å². The van der Waals surface area contributed by atoms with Crippen LogP contribution in [0.4, 0.5) is 0 Å². The Morgan fingerprint density at radius 2 is 1.64 bits per heavy atom. The largest absolute Gasteiger partial charge is 0.393 e. The van der Waals surface area contributed by atoms with Crippen molar-refractivity contribution < 1.29 is 5.11 Å². The van der Waals surface area contributed by atoms with Crippen LogP contribution in [-0.4, -0.2) is 34.7 Å². The van der Waals surface area contributed by atoms with Gasteiger partial charge in [-0.25, -0.2) is 0 Å². The van der Waals surface area contributed by atoms with E-state index < -0.39 is 0 Å². The van der Waals surface area contributed by atoms with Gasteiger partial charge < -0.3 is 5.11 Å². The van der Waals surface area contributed by atoms with Crippen molar-refractivity contribution in [2.24, 2.45) is 5.92 Å². The van der Waals surface area contributed by atoms with Gasteiger partial charge >= 0.3 is 0 Å². The molecule has 0 saturated heterocycles. The van der Waals surface area contributed by atoms with Crippen LogP contribution in [0, 0.1) is 5.92 Å². The van der Waals surface area contributed by atoms with Crippen molar-refractivity contribution >= 4 is 0 Å². The summed E-state index contributed by atoms with van der Waals surface area (Å²) >= 11 is 0. The van der Waals surface area contributed by atoms with Gasteiger partial charge in [0.25, 0.3) is 0 Å². The van der Waals surface area contributed by atoms with Gasteiger partial charge in [-0.2, -0.15) is 0 Å². The lowest BCUT2D eigenvalue weighted by Gasteiger charge is -2.28. The molecule has 3 fully saturated rings. The molecular formula is C12H21NO. The van der Waals surface area contributed by atoms with Gasteiger partial charge in [-0.05, 0) is 50.9 Å². The lowest BCUT2D eigenvalue weighted by molar-refractivity contribution is 0.142. The second kappa shape index (κ2) is 3.49. The fourth-order valence-corrected chi connectivity index (χ4v) is 2.84. The van der Waals surface area contributed by atoms with Gasteiger partial charge in [-0.15, -0.1) is 0 Å². The Kier molecular flexibility index (Phi) is 2.29. The molecule has 0 radical (unpaired) electrons. The molecule has 2 nitrogen and oxygen atoms in total. The third kappa shape index (κ3) is 1.96. The second-order valence-corrected chi connectivity index (χ2v) is 5.49. The molecule has 0 spiro atoms. The normalized spacial score (nSPS) is 38.1. The SMILES string of the molecule is OC1CCC(N(CC2CC2)C2CC2)C1. The minimum absolute atomic E-state index is 0.000420. The zero-order valence-corrected chi connectivity index (χ0v) is 8.86. The third-order valence-corrected chi connectivity index (χ3v) is 4.03. The smallest absolute Gasteiger partial charge is 0.0555 e. The third-order valence-electron chi connectivity index (χ3n) is 4.03. The summed E-state index contributed by atoms with van der Waals surface area (Å²) in [5, 5.41) is 9.57. The van der Waals surface area contributed by atoms with Crippen molar-refractivity contribution in [3.05, 3.63) is 0 Å². The van der Waals surface area contributed by atoms with Crippen molar-refractivity contribution in [2.75, 3.05) is 6.54 Å². The lowest BCUT2D eigenvalue weighted by Crippen LogP contribution is -2.37. The first-order valence-electron chi connectivity index (χ1n) is 6.27. The van der Waals surface area contributed by atoms with Crippen LogP contribution in [0.15, 0.2) is 0 Å². The molecule has 0 amide bonds. The van der Waals surface area contributed by atoms with Crippen molar-refractivity contribution in [1.29, 1.82) is 0 Å². The molecule has 3 saturated carbocycles. The molecule has 2 atom stereocenters. The molecular weight excluding hydrogens is 174 g/mol. The standard InChI is InChI=1S/C12H21NO/c14-12-6-5-11(7-12)13(10-3-4-10)8-9-1-2-9/h9-12,14H,1-8H2. The van der Waals surface area contributed by atoms with Crippen molar-refractivity contribution in [2.45, 2.75) is 63.1 Å². The van der Waals surface area contributed by atoms with E-state index in [4.69, 9.17) is 0 Å². The minimum atomic E-state index is 0.000420. The molecule has 0 aliphatic heterocycles. The molecule has 0 aromatic heterocycles. The van der Waals surface area contributed by atoms with Gasteiger partial charge in [-0.1, -0.05) is 0 Å². The van der Waals surface area contributed by atoms with Crippen LogP contribution in [-0.2, 0) is 0 Å². The van der Waals surface area contributed by atoms with Crippen LogP contribution in [0.1, 0.15) is 44.9 Å². The first kappa shape index (κ1) is 9.17. The fourth-order valence-electron chi connectivity index (χ4n) is 2.84. The Morgan fingerprint density at radius 3 is 2.14 bits per heavy atom. The number of aliphatic hydroxyl groups excluding tert-OH is 1. The van der Waals surface area contributed by atoms with E-state index in [1.165, 1.54) is 38.6 Å². The molecule has 3 aliphatic rings. The molecule has 0 heterocycles. The van der Waals surface area contributed by atoms with Crippen LogP contribution in [0.5, 0.6) is 0 Å². The Hall–Kier alpha value is -0.0800. The molecule has 2 unspecified atom stereocenters. The average Bonchev–Trinajstić information content (AvgIpc) is 3.04. The second-order valence-electron chi connectivity index (χ2n) is 5.49. The zero-order chi connectivity index (χ0) is 9.54. The van der Waals surface area contributed by atoms with Gasteiger partial charge in [0, 0.05) is 18.6 Å². The van der Waals surface area contributed by atoms with E-state index in [9.17, 15) is 5.11 Å². The van der Waals surface area contributed by atoms with E-state index in [-0.39, 0.29) is 6.10 Å². The van der Waals surface area contributed by atoms with E-state index in [2.05, 4.69) is 4.90 Å². The summed E-state index contributed by atoms with van der Waals surface area (Å²) < 4.78 is 0. The van der Waals surface area contributed by atoms with E-state index in [0.29, 0.717) is 0 Å². The minimum Gasteiger partial charge on any atom is -0.393 e. The highest BCUT2D eigenvalue weighted by molar-refractivity contribution is 4.94. The van der Waals surface area contributed by atoms with Crippen LogP contribution >= 0.6 is 0 Å². The Balaban J connectivity index is 1.59. The highest BCUT2D eigenvalue weighted by Crippen LogP contribution is 2.39. The first-order chi connectivity index (χ1) is 6.83. The number of nitrogens with zero attached hydrogens (tertiary/aromatic N) is 1. The van der Waals surface area contributed by atoms with E-state index in [0.717, 1.165) is 30.8 Å². The van der Waals surface area contributed by atoms with Crippen molar-refractivity contribution in [3.8, 4) is 0 Å². The molecule has 3 rings (SSSR count). The Morgan fingerprint density at radius 1 is 0.929 bits per heavy atom. The molecule has 0 aromatic rings. The van der Waals surface area contributed by atoms with Gasteiger partial charge in [0.1, 0.15) is 0 Å². The van der Waals surface area contributed by atoms with Crippen LogP contribution in [0.25, 0.3) is 0 Å². The summed E-state index contributed by atoms with van der Waals surface area (Å²) in [6.45, 7) is 1.34. The fraction of sp³-hybridized carbons (Fsp3) is 1.00. The maximum atomic E-state index is 9.57. The lowest BCUT2D eigenvalue weighted by atomic mass is 10.2. The van der Waals surface area contributed by atoms with Gasteiger partial charge in [0.2, 0.25) is 0 Å². The summed E-state index contributed by atoms with van der Waals surface area (Å²) in [6.07, 6.45) is 9.07. The molecule has 14 heavy (non-hydrogen) atoms. The summed E-state index contributed by atoms with van der Waals surface area (Å²) in [6, 6.07) is 1.61. The Labute approximate surface area is 86.3 Å². The van der Waals surface area contributed by atoms with Gasteiger partial charge in [0.05, 0.1) is 6.10 Å². The number of hydrogen-bond acceptors (Lipinski definition) is 2. The van der Waals surface area contributed by atoms with Gasteiger partial charge in [-0.3, -0.25) is 4.90 Å². The number of rotatable bonds is 4. The number of aliphatic hydroxyl groups is 1. The monoisotopic (exact) mass is 195 g/mol. The zero-order valence-electron chi connectivity index (χ0n) is 8.86. The molecule has 2 heteroatoms. The van der Waals surface area contributed by atoms with E-state index in [1.54, 1.807) is 0 Å². The number of hydrogen-bond donors (Lipinski definition) is 1. The summed E-state index contributed by atoms with van der Waals surface area (Å²) in [4.78, 5) is 2.73. The van der Waals surface area contributed by atoms with Gasteiger partial charge in [0.15, 0.2) is 0 Å². The predicted octanol–water partition coefficient (Wildman–Crippen LogP) is 1.77. The highest BCUT2D eigenvalue weighted by atomic mass is 16.3. The van der Waals surface area contributed by atoms with Crippen LogP contribution in [0.2, 0.25) is 0 Å². The highest BCUT2D eigenvalue weighted by Gasteiger charge is 2.39. The topological polar surface area (TPSA) is 23.5 Å². The maximum Gasteiger partial charge on any atom is 0.0555 e. The summed E-state index contributed by atoms with van der Waals surface area (Å²) in [5.74, 6) is 1.01. The molecule has 0 bridgehead atoms. The molecule has 0 aromatic carbocycles. The van der Waals surface area contributed by atoms with E-state index >= 15 is 0 Å². The molecule has 3 aliphatic carbocycles. The molecule has 1 N–H and O–H groups in total. The maximum absolute atomic E-state index is 9.57. The quantitative estimate of drug-likeness (QED) is 0.739. The van der Waals surface area contributed by atoms with Crippen molar-refractivity contribution in [1.82, 2.24) is 4.90 Å². The summed E-state index contributed by atoms with van der Waals surface area (Å²) in [5.41, 5.74) is 0. The summed E-state index contributed by atoms with van der Waals surface area (Å²) in [7, 11) is 0. The molecule has 80 valence electrons. The van der Waals surface area contributed by atoms with Crippen LogP contribution < -0.4 is 0 Å². The average molecular weight is 195 g/mol. The van der Waals surface area contributed by atoms with Crippen molar-refractivity contribution in [3.63, 3.8) is 0 Å².